The zero-order valence-corrected chi connectivity index (χ0v) is 32.0. The molecule has 0 spiro atoms. The Balaban J connectivity index is 1.14. The van der Waals surface area contributed by atoms with Gasteiger partial charge in [0, 0.05) is 51.3 Å². The van der Waals surface area contributed by atoms with E-state index >= 15 is 0 Å². The summed E-state index contributed by atoms with van der Waals surface area (Å²) in [6.45, 7) is 12.3. The number of sulfone groups is 1. The van der Waals surface area contributed by atoms with Gasteiger partial charge in [-0.25, -0.2) is 28.2 Å². The fraction of sp³-hybridized carbons (Fsp3) is 0.583. The van der Waals surface area contributed by atoms with Crippen LogP contribution in [0.2, 0.25) is 0 Å². The lowest BCUT2D eigenvalue weighted by Gasteiger charge is -2.31. The second-order valence-corrected chi connectivity index (χ2v) is 17.9. The maximum Gasteiger partial charge on any atom is 0.408 e. The van der Waals surface area contributed by atoms with Gasteiger partial charge in [-0.3, -0.25) is 10.1 Å². The van der Waals surface area contributed by atoms with Crippen molar-refractivity contribution < 1.29 is 32.2 Å². The number of hydrogen-bond donors (Lipinski definition) is 2. The van der Waals surface area contributed by atoms with Gasteiger partial charge in [0.1, 0.15) is 29.2 Å². The predicted octanol–water partition coefficient (Wildman–Crippen LogP) is 5.44. The van der Waals surface area contributed by atoms with Gasteiger partial charge in [0.25, 0.3) is 5.19 Å². The highest BCUT2D eigenvalue weighted by Gasteiger charge is 2.32. The Morgan fingerprint density at radius 2 is 1.80 bits per heavy atom. The van der Waals surface area contributed by atoms with Gasteiger partial charge in [0.2, 0.25) is 5.95 Å². The highest BCUT2D eigenvalue weighted by molar-refractivity contribution is 7.92. The van der Waals surface area contributed by atoms with Crippen LogP contribution < -0.4 is 20.3 Å². The second kappa shape index (κ2) is 16.2. The van der Waals surface area contributed by atoms with Gasteiger partial charge < -0.3 is 24.4 Å². The summed E-state index contributed by atoms with van der Waals surface area (Å²) in [6.07, 6.45) is 9.45. The molecule has 2 aliphatic heterocycles. The molecule has 1 unspecified atom stereocenters. The molecule has 15 heteroatoms. The molecule has 1 fully saturated rings. The van der Waals surface area contributed by atoms with Crippen LogP contribution in [0.3, 0.4) is 0 Å². The van der Waals surface area contributed by atoms with E-state index in [0.29, 0.717) is 18.2 Å². The van der Waals surface area contributed by atoms with Gasteiger partial charge in [-0.05, 0) is 82.4 Å². The molecule has 0 aliphatic carbocycles. The molecule has 1 amide bonds. The molecule has 4 heterocycles. The fourth-order valence-corrected chi connectivity index (χ4v) is 8.61. The van der Waals surface area contributed by atoms with E-state index in [-0.39, 0.29) is 24.8 Å². The first-order valence-electron chi connectivity index (χ1n) is 17.6. The molecule has 0 bridgehead atoms. The summed E-state index contributed by atoms with van der Waals surface area (Å²) in [6, 6.07) is 5.98. The van der Waals surface area contributed by atoms with E-state index in [1.807, 2.05) is 24.5 Å². The summed E-state index contributed by atoms with van der Waals surface area (Å²) in [5, 5.41) is 5.24. The number of aromatic nitrogens is 3. The number of ether oxygens (including phenoxy) is 3. The number of aryl methyl sites for hydroxylation is 1. The number of amides is 1. The predicted molar refractivity (Wildman–Crippen MR) is 199 cm³/mol. The molecule has 278 valence electrons. The molecular formula is C36H50N6O7S2. The van der Waals surface area contributed by atoms with Crippen molar-refractivity contribution in [1.82, 2.24) is 25.6 Å². The lowest BCUT2D eigenvalue weighted by Crippen LogP contribution is -2.42. The van der Waals surface area contributed by atoms with Crippen LogP contribution in [0.1, 0.15) is 84.8 Å². The molecule has 5 rings (SSSR count). The van der Waals surface area contributed by atoms with E-state index in [2.05, 4.69) is 38.5 Å². The number of benzene rings is 1. The number of nitrogens with one attached hydrogen (secondary N) is 2. The Kier molecular flexibility index (Phi) is 12.2. The van der Waals surface area contributed by atoms with Crippen molar-refractivity contribution in [1.29, 1.82) is 0 Å². The zero-order chi connectivity index (χ0) is 36.8. The summed E-state index contributed by atoms with van der Waals surface area (Å²) in [7, 11) is -3.63. The average Bonchev–Trinajstić information content (AvgIpc) is 3.48. The number of fused-ring (bicyclic) bond motifs is 1. The van der Waals surface area contributed by atoms with Crippen molar-refractivity contribution in [2.24, 2.45) is 0 Å². The van der Waals surface area contributed by atoms with Crippen molar-refractivity contribution in [3.63, 3.8) is 0 Å². The number of anilines is 1. The third kappa shape index (κ3) is 11.1. The smallest absolute Gasteiger partial charge is 0.408 e. The minimum Gasteiger partial charge on any atom is -0.467 e. The number of nitrogens with zero attached hydrogens (tertiary/aromatic N) is 4. The molecular weight excluding hydrogens is 693 g/mol. The topological polar surface area (TPSA) is 162 Å². The maximum absolute atomic E-state index is 13.4. The summed E-state index contributed by atoms with van der Waals surface area (Å²) in [4.78, 5) is 40.2. The first-order chi connectivity index (χ1) is 24.1. The van der Waals surface area contributed by atoms with Crippen molar-refractivity contribution in [3.05, 3.63) is 47.8 Å². The standard InChI is InChI=1S/C36H50N6O7S2/c1-7-8-24-21-38-32(39-22-24)42-16-12-27(13-17-42)47-34-41-28-10-9-25(19-29(28)50-34)26-11-15-37-30(20-26)51(45,46)18-14-36(5,6)48-31(43)23-40-33(44)49-35(2,3)4/h9-10,19-22,27,30,37H,7-8,11-18,23H2,1-6H3,(H,40,44). The third-order valence-electron chi connectivity index (χ3n) is 8.60. The zero-order valence-electron chi connectivity index (χ0n) is 30.4. The van der Waals surface area contributed by atoms with Gasteiger partial charge in [-0.15, -0.1) is 0 Å². The number of hydrogen-bond acceptors (Lipinski definition) is 13. The van der Waals surface area contributed by atoms with Crippen LogP contribution >= 0.6 is 11.3 Å². The summed E-state index contributed by atoms with van der Waals surface area (Å²) in [5.41, 5.74) is 2.12. The molecule has 1 saturated heterocycles. The van der Waals surface area contributed by atoms with Crippen molar-refractivity contribution in [2.45, 2.75) is 103 Å². The molecule has 51 heavy (non-hydrogen) atoms. The molecule has 1 atom stereocenters. The molecule has 2 aromatic heterocycles. The van der Waals surface area contributed by atoms with E-state index < -0.39 is 38.5 Å². The van der Waals surface area contributed by atoms with Gasteiger partial charge in [-0.1, -0.05) is 30.7 Å². The van der Waals surface area contributed by atoms with E-state index in [4.69, 9.17) is 19.2 Å². The number of alkyl carbamates (subject to hydrolysis) is 1. The van der Waals surface area contributed by atoms with Gasteiger partial charge >= 0.3 is 12.1 Å². The highest BCUT2D eigenvalue weighted by atomic mass is 32.2. The van der Waals surface area contributed by atoms with Crippen LogP contribution in [0.25, 0.3) is 15.8 Å². The van der Waals surface area contributed by atoms with Crippen LogP contribution in [0.15, 0.2) is 36.7 Å². The maximum atomic E-state index is 13.4. The van der Waals surface area contributed by atoms with Crippen molar-refractivity contribution in [3.8, 4) is 5.19 Å². The van der Waals surface area contributed by atoms with Gasteiger partial charge in [0.15, 0.2) is 9.84 Å². The van der Waals surface area contributed by atoms with Crippen LogP contribution in [0, 0.1) is 0 Å². The van der Waals surface area contributed by atoms with Crippen LogP contribution in [-0.2, 0) is 30.5 Å². The van der Waals surface area contributed by atoms with Crippen molar-refractivity contribution in [2.75, 3.05) is 36.8 Å². The molecule has 1 aromatic carbocycles. The number of esters is 1. The summed E-state index contributed by atoms with van der Waals surface area (Å²) in [5.74, 6) is -0.114. The summed E-state index contributed by atoms with van der Waals surface area (Å²) >= 11 is 1.50. The SMILES string of the molecule is CCCc1cnc(N2CCC(Oc3nc4ccc(C5=CC(S(=O)(=O)CCC(C)(C)OC(=O)CNC(=O)OC(C)(C)C)NCC5)cc4s3)CC2)nc1. The highest BCUT2D eigenvalue weighted by Crippen LogP contribution is 2.34. The number of carbonyl (C=O) groups excluding carboxylic acids is 2. The van der Waals surface area contributed by atoms with Crippen molar-refractivity contribution >= 4 is 55.0 Å². The first-order valence-corrected chi connectivity index (χ1v) is 20.1. The number of rotatable bonds is 13. The molecule has 3 aromatic rings. The number of thiazole rings is 1. The molecule has 0 radical (unpaired) electrons. The Morgan fingerprint density at radius 1 is 1.08 bits per heavy atom. The second-order valence-electron chi connectivity index (χ2n) is 14.6. The normalized spacial score (nSPS) is 17.6. The van der Waals surface area contributed by atoms with E-state index in [1.165, 1.54) is 11.3 Å². The Hall–Kier alpha value is -3.82. The van der Waals surface area contributed by atoms with Crippen LogP contribution in [-0.4, -0.2) is 90.0 Å². The van der Waals surface area contributed by atoms with Gasteiger partial charge in [0.05, 0.1) is 16.0 Å². The molecule has 0 saturated carbocycles. The lowest BCUT2D eigenvalue weighted by atomic mass is 10.0. The third-order valence-corrected chi connectivity index (χ3v) is 11.4. The Bertz CT molecular complexity index is 1810. The van der Waals surface area contributed by atoms with E-state index in [9.17, 15) is 18.0 Å². The Labute approximate surface area is 304 Å². The number of carbonyl (C=O) groups is 2. The van der Waals surface area contributed by atoms with E-state index in [0.717, 1.165) is 71.6 Å². The quantitative estimate of drug-likeness (QED) is 0.214. The van der Waals surface area contributed by atoms with E-state index in [1.54, 1.807) is 40.7 Å². The molecule has 13 nitrogen and oxygen atoms in total. The Morgan fingerprint density at radius 3 is 2.49 bits per heavy atom. The minimum atomic E-state index is -3.63. The largest absolute Gasteiger partial charge is 0.467 e. The fourth-order valence-electron chi connectivity index (χ4n) is 5.91. The molecule has 2 aliphatic rings. The minimum absolute atomic E-state index is 0.0566. The summed E-state index contributed by atoms with van der Waals surface area (Å²) < 4.78 is 44.8. The lowest BCUT2D eigenvalue weighted by molar-refractivity contribution is -0.155. The van der Waals surface area contributed by atoms with Crippen LogP contribution in [0.5, 0.6) is 5.19 Å². The first kappa shape index (κ1) is 38.4. The molecule has 2 N–H and O–H groups in total. The van der Waals surface area contributed by atoms with Crippen LogP contribution in [0.4, 0.5) is 10.7 Å². The number of piperidine rings is 1. The van der Waals surface area contributed by atoms with Gasteiger partial charge in [-0.2, -0.15) is 0 Å². The monoisotopic (exact) mass is 742 g/mol. The average molecular weight is 743 g/mol.